The molecule has 0 aliphatic rings. The van der Waals surface area contributed by atoms with Crippen molar-refractivity contribution in [2.75, 3.05) is 18.5 Å². The van der Waals surface area contributed by atoms with E-state index in [2.05, 4.69) is 6.58 Å². The molecule has 0 saturated heterocycles. The molecule has 3 heteroatoms. The third-order valence-corrected chi connectivity index (χ3v) is 1.88. The zero-order valence-corrected chi connectivity index (χ0v) is 8.03. The normalized spacial score (nSPS) is 9.57. The van der Waals surface area contributed by atoms with E-state index < -0.39 is 5.82 Å². The van der Waals surface area contributed by atoms with Crippen LogP contribution in [0, 0.1) is 5.82 Å². The molecule has 14 heavy (non-hydrogen) atoms. The van der Waals surface area contributed by atoms with Gasteiger partial charge in [-0.25, -0.2) is 4.39 Å². The zero-order valence-electron chi connectivity index (χ0n) is 8.03. The number of carbonyl (C=O) groups is 1. The first kappa shape index (κ1) is 10.4. The van der Waals surface area contributed by atoms with Crippen LogP contribution in [-0.4, -0.2) is 19.9 Å². The average molecular weight is 193 g/mol. The van der Waals surface area contributed by atoms with Crippen LogP contribution in [0.1, 0.15) is 10.4 Å². The molecule has 0 spiro atoms. The van der Waals surface area contributed by atoms with Crippen molar-refractivity contribution in [1.82, 2.24) is 0 Å². The van der Waals surface area contributed by atoms with Crippen LogP contribution in [-0.2, 0) is 0 Å². The monoisotopic (exact) mass is 193 g/mol. The van der Waals surface area contributed by atoms with Crippen molar-refractivity contribution in [3.63, 3.8) is 0 Å². The molecule has 0 amide bonds. The fourth-order valence-electron chi connectivity index (χ4n) is 1.18. The van der Waals surface area contributed by atoms with Crippen molar-refractivity contribution < 1.29 is 9.18 Å². The first-order valence-corrected chi connectivity index (χ1v) is 4.25. The molecular weight excluding hydrogens is 181 g/mol. The summed E-state index contributed by atoms with van der Waals surface area (Å²) < 4.78 is 13.0. The second-order valence-corrected chi connectivity index (χ2v) is 3.03. The van der Waals surface area contributed by atoms with Gasteiger partial charge in [-0.15, -0.1) is 6.58 Å². The minimum absolute atomic E-state index is 0.343. The predicted octanol–water partition coefficient (Wildman–Crippen LogP) is 2.26. The van der Waals surface area contributed by atoms with Crippen LogP contribution in [0.15, 0.2) is 30.9 Å². The standard InChI is InChI=1S/C11H12FNO/c1-3-4-13(2)11-6-9(8-14)5-10(12)7-11/h3,5-8H,1,4H2,2H3. The second-order valence-electron chi connectivity index (χ2n) is 3.03. The minimum atomic E-state index is -0.402. The van der Waals surface area contributed by atoms with Crippen molar-refractivity contribution >= 4 is 12.0 Å². The van der Waals surface area contributed by atoms with Crippen LogP contribution in [0.25, 0.3) is 0 Å². The van der Waals surface area contributed by atoms with E-state index in [4.69, 9.17) is 0 Å². The Morgan fingerprint density at radius 1 is 1.50 bits per heavy atom. The molecule has 0 heterocycles. The van der Waals surface area contributed by atoms with Crippen LogP contribution < -0.4 is 4.90 Å². The Hall–Kier alpha value is -1.64. The molecule has 0 aliphatic carbocycles. The minimum Gasteiger partial charge on any atom is -0.371 e. The molecule has 0 fully saturated rings. The van der Waals surface area contributed by atoms with E-state index in [1.165, 1.54) is 12.1 Å². The van der Waals surface area contributed by atoms with Crippen LogP contribution in [0.3, 0.4) is 0 Å². The van der Waals surface area contributed by atoms with E-state index in [1.807, 2.05) is 11.9 Å². The van der Waals surface area contributed by atoms with Crippen molar-refractivity contribution in [2.24, 2.45) is 0 Å². The highest BCUT2D eigenvalue weighted by Crippen LogP contribution is 2.16. The molecular formula is C11H12FNO. The van der Waals surface area contributed by atoms with Crippen molar-refractivity contribution in [2.45, 2.75) is 0 Å². The van der Waals surface area contributed by atoms with Gasteiger partial charge in [-0.1, -0.05) is 6.08 Å². The number of nitrogens with zero attached hydrogens (tertiary/aromatic N) is 1. The summed E-state index contributed by atoms with van der Waals surface area (Å²) in [6.07, 6.45) is 2.35. The van der Waals surface area contributed by atoms with E-state index in [1.54, 1.807) is 12.1 Å². The van der Waals surface area contributed by atoms with Gasteiger partial charge in [-0.3, -0.25) is 4.79 Å². The lowest BCUT2D eigenvalue weighted by molar-refractivity contribution is 0.112. The number of hydrogen-bond donors (Lipinski definition) is 0. The Bertz CT molecular complexity index is 349. The maximum absolute atomic E-state index is 13.0. The third-order valence-electron chi connectivity index (χ3n) is 1.88. The average Bonchev–Trinajstić information content (AvgIpc) is 2.17. The molecule has 0 bridgehead atoms. The number of carbonyl (C=O) groups excluding carboxylic acids is 1. The fraction of sp³-hybridized carbons (Fsp3) is 0.182. The molecule has 1 aromatic carbocycles. The van der Waals surface area contributed by atoms with Gasteiger partial charge in [0.25, 0.3) is 0 Å². The molecule has 0 unspecified atom stereocenters. The van der Waals surface area contributed by atoms with Crippen LogP contribution in [0.4, 0.5) is 10.1 Å². The van der Waals surface area contributed by atoms with Gasteiger partial charge in [0.2, 0.25) is 0 Å². The zero-order chi connectivity index (χ0) is 10.6. The fourth-order valence-corrected chi connectivity index (χ4v) is 1.18. The quantitative estimate of drug-likeness (QED) is 0.540. The largest absolute Gasteiger partial charge is 0.371 e. The predicted molar refractivity (Wildman–Crippen MR) is 55.3 cm³/mol. The van der Waals surface area contributed by atoms with Crippen LogP contribution >= 0.6 is 0 Å². The first-order valence-electron chi connectivity index (χ1n) is 4.25. The Labute approximate surface area is 82.7 Å². The third kappa shape index (κ3) is 2.42. The maximum Gasteiger partial charge on any atom is 0.150 e. The highest BCUT2D eigenvalue weighted by atomic mass is 19.1. The lowest BCUT2D eigenvalue weighted by Gasteiger charge is -2.17. The summed E-state index contributed by atoms with van der Waals surface area (Å²) in [5.74, 6) is -0.402. The molecule has 0 N–H and O–H groups in total. The summed E-state index contributed by atoms with van der Waals surface area (Å²) in [4.78, 5) is 12.3. The highest BCUT2D eigenvalue weighted by molar-refractivity contribution is 5.77. The van der Waals surface area contributed by atoms with E-state index in [0.717, 1.165) is 0 Å². The molecule has 0 aromatic heterocycles. The lowest BCUT2D eigenvalue weighted by atomic mass is 10.2. The van der Waals surface area contributed by atoms with Crippen molar-refractivity contribution in [1.29, 1.82) is 0 Å². The molecule has 74 valence electrons. The van der Waals surface area contributed by atoms with Crippen LogP contribution in [0.5, 0.6) is 0 Å². The van der Waals surface area contributed by atoms with E-state index in [9.17, 15) is 9.18 Å². The summed E-state index contributed by atoms with van der Waals surface area (Å²) in [6, 6.07) is 4.23. The molecule has 0 radical (unpaired) electrons. The SMILES string of the molecule is C=CCN(C)c1cc(F)cc(C=O)c1. The summed E-state index contributed by atoms with van der Waals surface area (Å²) in [6.45, 7) is 4.20. The number of anilines is 1. The molecule has 0 aliphatic heterocycles. The van der Waals surface area contributed by atoms with Gasteiger partial charge in [0, 0.05) is 24.8 Å². The van der Waals surface area contributed by atoms with Gasteiger partial charge in [0.15, 0.2) is 0 Å². The van der Waals surface area contributed by atoms with Gasteiger partial charge < -0.3 is 4.90 Å². The first-order chi connectivity index (χ1) is 6.67. The Balaban J connectivity index is 3.01. The van der Waals surface area contributed by atoms with Gasteiger partial charge >= 0.3 is 0 Å². The highest BCUT2D eigenvalue weighted by Gasteiger charge is 2.03. The Morgan fingerprint density at radius 3 is 2.79 bits per heavy atom. The van der Waals surface area contributed by atoms with Gasteiger partial charge in [0.1, 0.15) is 12.1 Å². The van der Waals surface area contributed by atoms with Gasteiger partial charge in [0.05, 0.1) is 0 Å². The molecule has 2 nitrogen and oxygen atoms in total. The van der Waals surface area contributed by atoms with Crippen molar-refractivity contribution in [3.8, 4) is 0 Å². The van der Waals surface area contributed by atoms with Gasteiger partial charge in [-0.05, 0) is 18.2 Å². The number of hydrogen-bond acceptors (Lipinski definition) is 2. The topological polar surface area (TPSA) is 20.3 Å². The maximum atomic E-state index is 13.0. The Morgan fingerprint density at radius 2 is 2.21 bits per heavy atom. The number of aldehydes is 1. The number of benzene rings is 1. The summed E-state index contributed by atoms with van der Waals surface area (Å²) >= 11 is 0. The number of halogens is 1. The molecule has 1 rings (SSSR count). The van der Waals surface area contributed by atoms with E-state index in [0.29, 0.717) is 24.1 Å². The van der Waals surface area contributed by atoms with Crippen molar-refractivity contribution in [3.05, 3.63) is 42.2 Å². The number of likely N-dealkylation sites (N-methyl/N-ethyl adjacent to an activating group) is 1. The molecule has 1 aromatic rings. The lowest BCUT2D eigenvalue weighted by Crippen LogP contribution is -2.16. The van der Waals surface area contributed by atoms with Crippen LogP contribution in [0.2, 0.25) is 0 Å². The summed E-state index contributed by atoms with van der Waals surface area (Å²) in [5.41, 5.74) is 1.02. The van der Waals surface area contributed by atoms with Gasteiger partial charge in [-0.2, -0.15) is 0 Å². The Kier molecular flexibility index (Phi) is 3.40. The van der Waals surface area contributed by atoms with E-state index in [-0.39, 0.29) is 0 Å². The summed E-state index contributed by atoms with van der Waals surface area (Å²) in [7, 11) is 1.81. The molecule has 0 saturated carbocycles. The molecule has 0 atom stereocenters. The summed E-state index contributed by atoms with van der Waals surface area (Å²) in [5, 5.41) is 0. The van der Waals surface area contributed by atoms with E-state index >= 15 is 0 Å². The number of rotatable bonds is 4. The smallest absolute Gasteiger partial charge is 0.150 e. The second kappa shape index (κ2) is 4.56.